The van der Waals surface area contributed by atoms with Crippen molar-refractivity contribution in [1.82, 2.24) is 18.2 Å². The van der Waals surface area contributed by atoms with E-state index < -0.39 is 66.4 Å². The Morgan fingerprint density at radius 1 is 1.26 bits per heavy atom. The molecule has 1 aromatic heterocycles. The average molecular weight is 545 g/mol. The van der Waals surface area contributed by atoms with Gasteiger partial charge in [0.25, 0.3) is 11.5 Å². The monoisotopic (exact) mass is 544 g/mol. The predicted octanol–water partition coefficient (Wildman–Crippen LogP) is 3.81. The van der Waals surface area contributed by atoms with Crippen LogP contribution in [0.25, 0.3) is 5.69 Å². The van der Waals surface area contributed by atoms with Crippen molar-refractivity contribution in [2.24, 2.45) is 7.05 Å². The maximum atomic E-state index is 14.7. The van der Waals surface area contributed by atoms with Gasteiger partial charge in [0.1, 0.15) is 11.5 Å². The zero-order valence-corrected chi connectivity index (χ0v) is 20.8. The molecule has 0 bridgehead atoms. The van der Waals surface area contributed by atoms with Crippen LogP contribution in [0.2, 0.25) is 5.02 Å². The number of hydrogen-bond donors (Lipinski definition) is 1. The van der Waals surface area contributed by atoms with Crippen LogP contribution in [0.1, 0.15) is 43.2 Å². The number of nitrogens with zero attached hydrogens (tertiary/aromatic N) is 3. The summed E-state index contributed by atoms with van der Waals surface area (Å²) in [6.45, 7) is 5.05. The topological polar surface area (TPSA) is 93.4 Å². The van der Waals surface area contributed by atoms with Crippen LogP contribution in [-0.4, -0.2) is 40.4 Å². The molecule has 15 heteroatoms. The number of hydrogen-bond acceptors (Lipinski definition) is 5. The smallest absolute Gasteiger partial charge is 0.317 e. The quantitative estimate of drug-likeness (QED) is 0.423. The van der Waals surface area contributed by atoms with E-state index in [1.807, 2.05) is 4.72 Å². The predicted molar refractivity (Wildman–Crippen MR) is 120 cm³/mol. The minimum Gasteiger partial charge on any atom is -0.317 e. The number of amides is 1. The number of alkyl halides is 3. The molecule has 0 radical (unpaired) electrons. The summed E-state index contributed by atoms with van der Waals surface area (Å²) in [7, 11) is -3.38. The molecule has 0 saturated carbocycles. The third-order valence-corrected chi connectivity index (χ3v) is 7.12. The normalized spacial score (nSPS) is 12.4. The van der Waals surface area contributed by atoms with E-state index in [2.05, 4.69) is 0 Å². The van der Waals surface area contributed by atoms with Crippen LogP contribution in [0, 0.1) is 10.6 Å². The molecule has 0 aliphatic carbocycles. The largest absolute Gasteiger partial charge is 0.431 e. The summed E-state index contributed by atoms with van der Waals surface area (Å²) in [6, 6.07) is 1.10. The molecule has 0 aliphatic heterocycles. The Morgan fingerprint density at radius 2 is 1.85 bits per heavy atom. The lowest BCUT2D eigenvalue weighted by atomic mass is 10.1. The van der Waals surface area contributed by atoms with Crippen LogP contribution in [-0.2, 0) is 23.4 Å². The van der Waals surface area contributed by atoms with Gasteiger partial charge in [-0.1, -0.05) is 18.5 Å². The van der Waals surface area contributed by atoms with Crippen LogP contribution < -0.4 is 10.3 Å². The molecule has 2 rings (SSSR count). The first-order valence-corrected chi connectivity index (χ1v) is 12.0. The molecular weight excluding hydrogens is 524 g/mol. The molecule has 188 valence electrons. The second kappa shape index (κ2) is 10.1. The Labute approximate surface area is 202 Å². The van der Waals surface area contributed by atoms with Crippen molar-refractivity contribution < 1.29 is 30.8 Å². The lowest BCUT2D eigenvalue weighted by Crippen LogP contribution is -2.47. The molecule has 34 heavy (non-hydrogen) atoms. The third-order valence-electron chi connectivity index (χ3n) is 4.68. The Balaban J connectivity index is 2.64. The number of rotatable bonds is 7. The van der Waals surface area contributed by atoms with E-state index in [9.17, 15) is 35.6 Å². The SMILES string of the molecule is CCCN(C(C)C)S(=O)(=O)NC(=O)c1cc(-n2c(=O)cc(C(F)(F)F)n(C)c2=S)c(F)cc1Cl. The van der Waals surface area contributed by atoms with E-state index in [1.165, 1.54) is 0 Å². The highest BCUT2D eigenvalue weighted by molar-refractivity contribution is 7.87. The van der Waals surface area contributed by atoms with E-state index in [0.717, 1.165) is 17.4 Å². The second-order valence-electron chi connectivity index (χ2n) is 7.47. The van der Waals surface area contributed by atoms with Crippen molar-refractivity contribution in [2.45, 2.75) is 39.4 Å². The van der Waals surface area contributed by atoms with Gasteiger partial charge in [-0.15, -0.1) is 0 Å². The molecule has 0 spiro atoms. The Hall–Kier alpha value is -2.29. The third kappa shape index (κ3) is 5.67. The lowest BCUT2D eigenvalue weighted by molar-refractivity contribution is -0.143. The van der Waals surface area contributed by atoms with Gasteiger partial charge in [-0.05, 0) is 44.6 Å². The summed E-state index contributed by atoms with van der Waals surface area (Å²) in [6.07, 6.45) is -4.44. The molecule has 0 atom stereocenters. The highest BCUT2D eigenvalue weighted by Crippen LogP contribution is 2.29. The maximum Gasteiger partial charge on any atom is 0.431 e. The van der Waals surface area contributed by atoms with E-state index in [0.29, 0.717) is 21.6 Å². The molecule has 0 saturated heterocycles. The number of halogens is 5. The van der Waals surface area contributed by atoms with E-state index >= 15 is 0 Å². The molecule has 2 aromatic rings. The minimum absolute atomic E-state index is 0.111. The van der Waals surface area contributed by atoms with Gasteiger partial charge in [0.05, 0.1) is 16.3 Å². The second-order valence-corrected chi connectivity index (χ2v) is 9.86. The zero-order chi connectivity index (χ0) is 26.2. The van der Waals surface area contributed by atoms with Crippen LogP contribution >= 0.6 is 23.8 Å². The number of aromatic nitrogens is 2. The first-order chi connectivity index (χ1) is 15.5. The molecule has 1 N–H and O–H groups in total. The van der Waals surface area contributed by atoms with Gasteiger partial charge in [-0.25, -0.2) is 9.11 Å². The summed E-state index contributed by atoms with van der Waals surface area (Å²) in [5.41, 5.74) is -3.89. The van der Waals surface area contributed by atoms with Crippen LogP contribution in [0.3, 0.4) is 0 Å². The van der Waals surface area contributed by atoms with Crippen molar-refractivity contribution in [3.05, 3.63) is 55.4 Å². The van der Waals surface area contributed by atoms with Crippen LogP contribution in [0.15, 0.2) is 23.0 Å². The summed E-state index contributed by atoms with van der Waals surface area (Å²) in [5, 5.41) is -0.490. The van der Waals surface area contributed by atoms with Gasteiger partial charge in [-0.2, -0.15) is 25.9 Å². The fraction of sp³-hybridized carbons (Fsp3) is 0.421. The zero-order valence-electron chi connectivity index (χ0n) is 18.4. The molecular formula is C19H21ClF4N4O4S2. The molecule has 8 nitrogen and oxygen atoms in total. The molecule has 1 amide bonds. The van der Waals surface area contributed by atoms with Gasteiger partial charge in [-0.3, -0.25) is 14.2 Å². The highest BCUT2D eigenvalue weighted by Gasteiger charge is 2.35. The Kier molecular flexibility index (Phi) is 8.33. The van der Waals surface area contributed by atoms with E-state index in [-0.39, 0.29) is 12.6 Å². The standard InChI is InChI=1S/C19H21ClF4N4O4S2/c1-5-6-27(10(2)3)34(31,32)25-17(30)11-7-14(13(21)8-12(11)20)28-16(29)9-15(19(22,23)24)26(4)18(28)33/h7-10H,5-6H2,1-4H3,(H,25,30). The van der Waals surface area contributed by atoms with Crippen molar-refractivity contribution in [3.63, 3.8) is 0 Å². The molecule has 1 aromatic carbocycles. The average Bonchev–Trinajstić information content (AvgIpc) is 2.68. The summed E-state index contributed by atoms with van der Waals surface area (Å²) >= 11 is 10.9. The number of carbonyl (C=O) groups excluding carboxylic acids is 1. The summed E-state index contributed by atoms with van der Waals surface area (Å²) in [5.74, 6) is -2.41. The first-order valence-electron chi connectivity index (χ1n) is 9.76. The van der Waals surface area contributed by atoms with Crippen LogP contribution in [0.4, 0.5) is 17.6 Å². The highest BCUT2D eigenvalue weighted by atomic mass is 35.5. The van der Waals surface area contributed by atoms with Gasteiger partial charge in [0.15, 0.2) is 4.77 Å². The van der Waals surface area contributed by atoms with Crippen LogP contribution in [0.5, 0.6) is 0 Å². The number of nitrogens with one attached hydrogen (secondary N) is 1. The van der Waals surface area contributed by atoms with Crippen molar-refractivity contribution >= 4 is 39.9 Å². The summed E-state index contributed by atoms with van der Waals surface area (Å²) < 4.78 is 82.5. The molecule has 0 unspecified atom stereocenters. The molecule has 0 fully saturated rings. The first kappa shape index (κ1) is 28.0. The lowest BCUT2D eigenvalue weighted by Gasteiger charge is -2.25. The van der Waals surface area contributed by atoms with E-state index in [4.69, 9.17) is 23.8 Å². The number of benzene rings is 1. The van der Waals surface area contributed by atoms with Gasteiger partial charge < -0.3 is 4.57 Å². The van der Waals surface area contributed by atoms with Crippen molar-refractivity contribution in [2.75, 3.05) is 6.54 Å². The van der Waals surface area contributed by atoms with Gasteiger partial charge in [0.2, 0.25) is 0 Å². The van der Waals surface area contributed by atoms with E-state index in [1.54, 1.807) is 20.8 Å². The fourth-order valence-electron chi connectivity index (χ4n) is 3.11. The maximum absolute atomic E-state index is 14.7. The number of carbonyl (C=O) groups is 1. The minimum atomic E-state index is -4.90. The molecule has 1 heterocycles. The van der Waals surface area contributed by atoms with Crippen molar-refractivity contribution in [3.8, 4) is 5.69 Å². The Morgan fingerprint density at radius 3 is 2.35 bits per heavy atom. The van der Waals surface area contributed by atoms with Gasteiger partial charge >= 0.3 is 16.4 Å². The Bertz CT molecular complexity index is 1340. The molecule has 0 aliphatic rings. The summed E-state index contributed by atoms with van der Waals surface area (Å²) in [4.78, 5) is 25.2. The fourth-order valence-corrected chi connectivity index (χ4v) is 5.07. The van der Waals surface area contributed by atoms with Gasteiger partial charge in [0, 0.05) is 25.7 Å². The van der Waals surface area contributed by atoms with Crippen molar-refractivity contribution in [1.29, 1.82) is 0 Å².